The fraction of sp³-hybridized carbons (Fsp3) is 0.692. The van der Waals surface area contributed by atoms with Crippen LogP contribution in [0.15, 0.2) is 24.3 Å². The molecule has 0 aliphatic rings. The van der Waals surface area contributed by atoms with Crippen molar-refractivity contribution in [2.45, 2.75) is 25.7 Å². The largest absolute Gasteiger partial charge is 0.491 e. The number of hydrogen-bond donors (Lipinski definition) is 2. The van der Waals surface area contributed by atoms with E-state index >= 15 is 0 Å². The number of unbranched alkanes of at least 4 members (excludes halogenated alkanes) is 1. The number of nitrogens with two attached hydrogens (primary N) is 1. The Balaban J connectivity index is 1.69. The normalized spacial score (nSPS) is 10.9. The molecule has 0 unspecified atom stereocenters. The van der Waals surface area contributed by atoms with Crippen LogP contribution in [0.25, 0.3) is 0 Å². The molecule has 0 radical (unpaired) electrons. The summed E-state index contributed by atoms with van der Waals surface area (Å²) in [5.74, 6) is -0.445. The molecule has 12 nitrogen and oxygen atoms in total. The first-order valence-electron chi connectivity index (χ1n) is 12.9. The maximum atomic E-state index is 11.4. The molecular formula is C26H43NO11. The zero-order valence-corrected chi connectivity index (χ0v) is 22.1. The van der Waals surface area contributed by atoms with Gasteiger partial charge in [0, 0.05) is 18.5 Å². The topological polar surface area (TPSA) is 154 Å². The predicted octanol–water partition coefficient (Wildman–Crippen LogP) is 1.94. The van der Waals surface area contributed by atoms with E-state index in [0.29, 0.717) is 97.8 Å². The summed E-state index contributed by atoms with van der Waals surface area (Å²) >= 11 is 0. The molecule has 0 aliphatic carbocycles. The molecule has 1 rings (SSSR count). The third kappa shape index (κ3) is 22.7. The van der Waals surface area contributed by atoms with Crippen LogP contribution >= 0.6 is 0 Å². The molecule has 38 heavy (non-hydrogen) atoms. The van der Waals surface area contributed by atoms with Crippen molar-refractivity contribution in [2.75, 3.05) is 98.2 Å². The maximum Gasteiger partial charge on any atom is 0.305 e. The number of hydrogen-bond acceptors (Lipinski definition) is 11. The Morgan fingerprint density at radius 2 is 0.974 bits per heavy atom. The average molecular weight is 546 g/mol. The molecule has 0 heterocycles. The molecule has 0 aromatic heterocycles. The zero-order valence-electron chi connectivity index (χ0n) is 22.1. The summed E-state index contributed by atoms with van der Waals surface area (Å²) in [7, 11) is 0. The van der Waals surface area contributed by atoms with Crippen LogP contribution in [0.4, 0.5) is 5.69 Å². The molecule has 0 bridgehead atoms. The van der Waals surface area contributed by atoms with Crippen molar-refractivity contribution >= 4 is 17.6 Å². The van der Waals surface area contributed by atoms with Gasteiger partial charge in [0.1, 0.15) is 19.0 Å². The van der Waals surface area contributed by atoms with Gasteiger partial charge in [0.2, 0.25) is 0 Å². The number of nitrogen functional groups attached to an aromatic ring is 1. The number of aliphatic carboxylic acids is 1. The van der Waals surface area contributed by atoms with Gasteiger partial charge in [0.15, 0.2) is 0 Å². The first-order chi connectivity index (χ1) is 18.6. The lowest BCUT2D eigenvalue weighted by atomic mass is 10.2. The van der Waals surface area contributed by atoms with Gasteiger partial charge in [-0.3, -0.25) is 9.59 Å². The third-order valence-electron chi connectivity index (χ3n) is 4.75. The van der Waals surface area contributed by atoms with Crippen LogP contribution < -0.4 is 10.5 Å². The number of carbonyl (C=O) groups is 2. The van der Waals surface area contributed by atoms with Crippen LogP contribution in [-0.2, 0) is 42.7 Å². The Kier molecular flexibility index (Phi) is 21.9. The predicted molar refractivity (Wildman–Crippen MR) is 138 cm³/mol. The lowest BCUT2D eigenvalue weighted by Gasteiger charge is -2.09. The fourth-order valence-electron chi connectivity index (χ4n) is 2.82. The molecule has 1 aromatic carbocycles. The summed E-state index contributed by atoms with van der Waals surface area (Å²) in [6.07, 6.45) is 1.25. The number of ether oxygens (including phenoxy) is 8. The van der Waals surface area contributed by atoms with E-state index in [-0.39, 0.29) is 32.0 Å². The van der Waals surface area contributed by atoms with E-state index in [2.05, 4.69) is 0 Å². The van der Waals surface area contributed by atoms with Gasteiger partial charge in [-0.05, 0) is 37.1 Å². The van der Waals surface area contributed by atoms with Crippen molar-refractivity contribution in [1.29, 1.82) is 0 Å². The highest BCUT2D eigenvalue weighted by molar-refractivity contribution is 5.69. The zero-order chi connectivity index (χ0) is 27.5. The highest BCUT2D eigenvalue weighted by Gasteiger charge is 2.04. The first kappa shape index (κ1) is 33.5. The summed E-state index contributed by atoms with van der Waals surface area (Å²) in [6, 6.07) is 7.22. The first-order valence-corrected chi connectivity index (χ1v) is 12.9. The second-order valence-electron chi connectivity index (χ2n) is 7.91. The molecule has 0 fully saturated rings. The van der Waals surface area contributed by atoms with Crippen LogP contribution in [0, 0.1) is 0 Å². The molecule has 0 saturated heterocycles. The minimum atomic E-state index is -0.861. The highest BCUT2D eigenvalue weighted by Crippen LogP contribution is 2.12. The quantitative estimate of drug-likeness (QED) is 0.0943. The Morgan fingerprint density at radius 3 is 1.42 bits per heavy atom. The van der Waals surface area contributed by atoms with Gasteiger partial charge in [0.05, 0.1) is 79.3 Å². The number of carboxylic acid groups (broad SMARTS) is 1. The summed E-state index contributed by atoms with van der Waals surface area (Å²) in [5, 5.41) is 8.53. The van der Waals surface area contributed by atoms with Crippen molar-refractivity contribution in [3.63, 3.8) is 0 Å². The van der Waals surface area contributed by atoms with Gasteiger partial charge in [-0.1, -0.05) is 0 Å². The smallest absolute Gasteiger partial charge is 0.305 e. The van der Waals surface area contributed by atoms with Crippen molar-refractivity contribution in [1.82, 2.24) is 0 Å². The lowest BCUT2D eigenvalue weighted by molar-refractivity contribution is -0.146. The Labute approximate surface area is 224 Å². The minimum Gasteiger partial charge on any atom is -0.491 e. The monoisotopic (exact) mass is 545 g/mol. The van der Waals surface area contributed by atoms with Crippen molar-refractivity contribution in [2.24, 2.45) is 0 Å². The Morgan fingerprint density at radius 1 is 0.579 bits per heavy atom. The number of benzene rings is 1. The number of carbonyl (C=O) groups excluding carboxylic acids is 1. The molecule has 12 heteroatoms. The van der Waals surface area contributed by atoms with E-state index in [1.807, 2.05) is 12.1 Å². The Hall–Kier alpha value is -2.48. The van der Waals surface area contributed by atoms with Gasteiger partial charge in [0.25, 0.3) is 0 Å². The molecule has 1 aromatic rings. The van der Waals surface area contributed by atoms with Gasteiger partial charge >= 0.3 is 11.9 Å². The molecule has 0 saturated carbocycles. The lowest BCUT2D eigenvalue weighted by Crippen LogP contribution is -2.15. The van der Waals surface area contributed by atoms with Crippen LogP contribution in [0.2, 0.25) is 0 Å². The second-order valence-corrected chi connectivity index (χ2v) is 7.91. The average Bonchev–Trinajstić information content (AvgIpc) is 2.90. The van der Waals surface area contributed by atoms with Crippen LogP contribution in [0.3, 0.4) is 0 Å². The van der Waals surface area contributed by atoms with E-state index in [0.717, 1.165) is 5.75 Å². The number of anilines is 1. The molecule has 3 N–H and O–H groups in total. The van der Waals surface area contributed by atoms with Crippen LogP contribution in [0.1, 0.15) is 25.7 Å². The number of esters is 1. The molecule has 0 atom stereocenters. The Bertz CT molecular complexity index is 703. The maximum absolute atomic E-state index is 11.4. The molecule has 0 amide bonds. The van der Waals surface area contributed by atoms with Crippen LogP contribution in [-0.4, -0.2) is 110 Å². The van der Waals surface area contributed by atoms with Crippen molar-refractivity contribution < 1.29 is 52.6 Å². The van der Waals surface area contributed by atoms with E-state index in [9.17, 15) is 9.59 Å². The van der Waals surface area contributed by atoms with Crippen molar-refractivity contribution in [3.8, 4) is 5.75 Å². The fourth-order valence-corrected chi connectivity index (χ4v) is 2.82. The molecular weight excluding hydrogens is 502 g/mol. The van der Waals surface area contributed by atoms with Gasteiger partial charge in [-0.2, -0.15) is 0 Å². The number of rotatable bonds is 27. The number of carboxylic acids is 1. The standard InChI is InChI=1S/C26H43NO11/c27-23-5-7-24(8-6-23)37-21-19-35-17-15-33-13-11-31-9-10-32-12-14-34-16-18-36-20-22-38-26(30)4-2-1-3-25(28)29/h5-8H,1-4,9-22,27H2,(H,28,29). The highest BCUT2D eigenvalue weighted by atomic mass is 16.6. The van der Waals surface area contributed by atoms with Gasteiger partial charge in [-0.25, -0.2) is 0 Å². The second kappa shape index (κ2) is 24.8. The van der Waals surface area contributed by atoms with E-state index in [4.69, 9.17) is 48.7 Å². The summed E-state index contributed by atoms with van der Waals surface area (Å²) < 4.78 is 43.0. The van der Waals surface area contributed by atoms with Crippen LogP contribution in [0.5, 0.6) is 5.75 Å². The SMILES string of the molecule is Nc1ccc(OCCOCCOCCOCCOCCOCCOCCOC(=O)CCCCC(=O)O)cc1. The molecule has 0 aliphatic heterocycles. The van der Waals surface area contributed by atoms with E-state index in [1.165, 1.54) is 0 Å². The van der Waals surface area contributed by atoms with Gasteiger partial charge in [-0.15, -0.1) is 0 Å². The van der Waals surface area contributed by atoms with E-state index < -0.39 is 5.97 Å². The molecule has 218 valence electrons. The molecule has 0 spiro atoms. The van der Waals surface area contributed by atoms with E-state index in [1.54, 1.807) is 12.1 Å². The van der Waals surface area contributed by atoms with Gasteiger partial charge < -0.3 is 48.7 Å². The summed E-state index contributed by atoms with van der Waals surface area (Å²) in [4.78, 5) is 21.8. The van der Waals surface area contributed by atoms with Crippen molar-refractivity contribution in [3.05, 3.63) is 24.3 Å². The third-order valence-corrected chi connectivity index (χ3v) is 4.75. The summed E-state index contributed by atoms with van der Waals surface area (Å²) in [5.41, 5.74) is 6.32. The minimum absolute atomic E-state index is 0.0627. The summed E-state index contributed by atoms with van der Waals surface area (Å²) in [6.45, 7) is 6.01.